The Hall–Kier alpha value is 1.79. The van der Waals surface area contributed by atoms with Gasteiger partial charge in [0.15, 0.2) is 0 Å². The van der Waals surface area contributed by atoms with Gasteiger partial charge in [0.2, 0.25) is 0 Å². The quantitative estimate of drug-likeness (QED) is 0.433. The molecule has 0 fully saturated rings. The summed E-state index contributed by atoms with van der Waals surface area (Å²) in [5.74, 6) is 0. The van der Waals surface area contributed by atoms with Crippen molar-refractivity contribution in [3.8, 4) is 0 Å². The zero-order chi connectivity index (χ0) is 4.50. The molecule has 0 aliphatic rings. The summed E-state index contributed by atoms with van der Waals surface area (Å²) in [6, 6.07) is 0. The van der Waals surface area contributed by atoms with Crippen LogP contribution < -0.4 is 6.94 Å². The molecule has 0 spiro atoms. The normalized spacial score (nSPS) is 9.67. The summed E-state index contributed by atoms with van der Waals surface area (Å²) in [7, 11) is 0. The summed E-state index contributed by atoms with van der Waals surface area (Å²) in [5.41, 5.74) is 0. The fraction of sp³-hybridized carbons (Fsp3) is 0. The first-order chi connectivity index (χ1) is 2.00. The van der Waals surface area contributed by atoms with Crippen LogP contribution in [0.15, 0.2) is 0 Å². The van der Waals surface area contributed by atoms with E-state index in [4.69, 9.17) is 13.2 Å². The molecule has 0 amide bonds. The van der Waals surface area contributed by atoms with Gasteiger partial charge in [-0.2, -0.15) is 0 Å². The Bertz CT molecular complexity index is 90.7. The summed E-state index contributed by atoms with van der Waals surface area (Å²) in [4.78, 5) is 0. The summed E-state index contributed by atoms with van der Waals surface area (Å²) < 4.78 is 34.5. The van der Waals surface area contributed by atoms with Crippen molar-refractivity contribution in [2.24, 2.45) is 0 Å². The maximum atomic E-state index is 8.63. The van der Waals surface area contributed by atoms with Crippen molar-refractivity contribution in [1.82, 2.24) is 0 Å². The van der Waals surface area contributed by atoms with E-state index in [1.165, 1.54) is 0 Å². The van der Waals surface area contributed by atoms with Crippen LogP contribution in [0.1, 0.15) is 0 Å². The number of rotatable bonds is 0. The molecule has 0 aromatic rings. The third-order valence-electron chi connectivity index (χ3n) is 0. The fourth-order valence-electron chi connectivity index (χ4n) is 0. The van der Waals surface area contributed by atoms with Crippen molar-refractivity contribution in [3.05, 3.63) is 0 Å². The third kappa shape index (κ3) is 41.5. The van der Waals surface area contributed by atoms with Crippen molar-refractivity contribution < 1.29 is 13.2 Å². The first kappa shape index (κ1) is 10.7. The monoisotopic (exact) mass is 282 g/mol. The van der Waals surface area contributed by atoms with Crippen LogP contribution in [0.5, 0.6) is 0 Å². The second-order valence-electron chi connectivity index (χ2n) is 0.408. The van der Waals surface area contributed by atoms with Crippen LogP contribution in [-0.2, 0) is 6.21 Å². The molecule has 0 saturated carbocycles. The van der Waals surface area contributed by atoms with E-state index >= 15 is 0 Å². The topological polar surface area (TPSA) is 80.3 Å². The van der Waals surface area contributed by atoms with Gasteiger partial charge in [0, 0.05) is 0 Å². The van der Waals surface area contributed by atoms with Gasteiger partial charge < -0.3 is 0 Å². The summed E-state index contributed by atoms with van der Waals surface area (Å²) in [6.07, 6.45) is 0. The van der Waals surface area contributed by atoms with E-state index in [0.29, 0.717) is 0 Å². The van der Waals surface area contributed by atoms with Crippen molar-refractivity contribution in [2.45, 2.75) is 0 Å². The Balaban J connectivity index is 0. The first-order valence-corrected chi connectivity index (χ1v) is 4.47. The Labute approximate surface area is 76.1 Å². The first-order valence-electron chi connectivity index (χ1n) is 0.667. The minimum atomic E-state index is -6.02. The molecule has 0 N–H and O–H groups in total. The molecule has 0 rings (SSSR count). The largest absolute Gasteiger partial charge is 2.00 e. The number of hydrogen-bond acceptors (Lipinski definition) is 4. The molecule has 32 valence electrons. The molecular weight excluding hydrogens is 279 g/mol. The van der Waals surface area contributed by atoms with E-state index in [9.17, 15) is 0 Å². The van der Waals surface area contributed by atoms with Gasteiger partial charge in [-0.05, 0) is 0 Å². The van der Waals surface area contributed by atoms with Gasteiger partial charge in [-0.25, -0.2) is 0 Å². The van der Waals surface area contributed by atoms with E-state index in [1.54, 1.807) is 0 Å². The second-order valence-corrected chi connectivity index (χ2v) is 2.74. The Morgan fingerprint density at radius 2 is 1.17 bits per heavy atom. The van der Waals surface area contributed by atoms with E-state index in [0.717, 1.165) is 0 Å². The second kappa shape index (κ2) is 3.75. The summed E-state index contributed by atoms with van der Waals surface area (Å²) >= 11 is -6.02. The standard InChI is InChI=1S/H2O4Te.Sr/c1-5(2,3)4;/h(H2,1,2,3,4);/q;+2/p-2. The fourth-order valence-corrected chi connectivity index (χ4v) is 0. The van der Waals surface area contributed by atoms with Crippen molar-refractivity contribution in [2.75, 3.05) is 0 Å². The van der Waals surface area contributed by atoms with Crippen LogP contribution in [0.3, 0.4) is 0 Å². The molecule has 6 heteroatoms. The average Bonchev–Trinajstić information content (AvgIpc) is 0.722. The molecular formula is O4SrTe. The van der Waals surface area contributed by atoms with E-state index in [1.807, 2.05) is 0 Å². The van der Waals surface area contributed by atoms with Crippen molar-refractivity contribution in [3.63, 3.8) is 0 Å². The van der Waals surface area contributed by atoms with Crippen molar-refractivity contribution in [1.29, 1.82) is 0 Å². The molecule has 0 unspecified atom stereocenters. The predicted molar refractivity (Wildman–Crippen MR) is 12.9 cm³/mol. The van der Waals surface area contributed by atoms with E-state index < -0.39 is 19.0 Å². The Morgan fingerprint density at radius 1 is 1.17 bits per heavy atom. The zero-order valence-corrected chi connectivity index (χ0v) is 8.55. The molecule has 0 saturated heterocycles. The molecule has 0 heterocycles. The Kier molecular flexibility index (Phi) is 6.70. The van der Waals surface area contributed by atoms with Crippen LogP contribution in [0, 0.1) is 0 Å². The SMILES string of the molecule is O=[Te](=O)([O-])[O-].[Sr+2]. The molecule has 0 atom stereocenters. The van der Waals surface area contributed by atoms with Crippen molar-refractivity contribution >= 4 is 64.5 Å². The van der Waals surface area contributed by atoms with Crippen LogP contribution in [0.4, 0.5) is 0 Å². The molecule has 0 bridgehead atoms. The molecule has 6 heavy (non-hydrogen) atoms. The summed E-state index contributed by atoms with van der Waals surface area (Å²) in [5, 5.41) is 0. The molecule has 0 radical (unpaired) electrons. The van der Waals surface area contributed by atoms with Crippen LogP contribution in [-0.4, -0.2) is 64.5 Å². The van der Waals surface area contributed by atoms with E-state index in [-0.39, 0.29) is 45.5 Å². The minimum Gasteiger partial charge on any atom is 2.00 e. The van der Waals surface area contributed by atoms with Crippen LogP contribution in [0.2, 0.25) is 0 Å². The summed E-state index contributed by atoms with van der Waals surface area (Å²) in [6.45, 7) is 0. The van der Waals surface area contributed by atoms with Gasteiger partial charge in [0.05, 0.1) is 0 Å². The molecule has 0 aliphatic carbocycles. The van der Waals surface area contributed by atoms with Gasteiger partial charge >= 0.3 is 77.6 Å². The smallest absolute Gasteiger partial charge is 2.00 e. The average molecular weight is 279 g/mol. The maximum Gasteiger partial charge on any atom is 2.00 e. The third-order valence-corrected chi connectivity index (χ3v) is 0. The van der Waals surface area contributed by atoms with Crippen LogP contribution in [0.25, 0.3) is 0 Å². The van der Waals surface area contributed by atoms with Gasteiger partial charge in [-0.3, -0.25) is 0 Å². The van der Waals surface area contributed by atoms with E-state index in [2.05, 4.69) is 0 Å². The predicted octanol–water partition coefficient (Wildman–Crippen LogP) is -3.38. The molecule has 0 aromatic carbocycles. The van der Waals surface area contributed by atoms with Gasteiger partial charge in [-0.15, -0.1) is 0 Å². The van der Waals surface area contributed by atoms with Crippen LogP contribution >= 0.6 is 0 Å². The molecule has 4 nitrogen and oxygen atoms in total. The minimum absolute atomic E-state index is 0. The van der Waals surface area contributed by atoms with Gasteiger partial charge in [0.1, 0.15) is 0 Å². The Morgan fingerprint density at radius 3 is 1.17 bits per heavy atom. The molecule has 0 aliphatic heterocycles. The van der Waals surface area contributed by atoms with Gasteiger partial charge in [0.25, 0.3) is 0 Å². The van der Waals surface area contributed by atoms with Gasteiger partial charge in [-0.1, -0.05) is 0 Å². The maximum absolute atomic E-state index is 8.63. The number of hydrogen-bond donors (Lipinski definition) is 0. The molecule has 0 aromatic heterocycles. The zero-order valence-electron chi connectivity index (χ0n) is 2.75.